The van der Waals surface area contributed by atoms with E-state index in [0.717, 1.165) is 49.8 Å². The molecule has 0 unspecified atom stereocenters. The Morgan fingerprint density at radius 1 is 0.741 bits per heavy atom. The molecule has 2 aliphatic rings. The lowest BCUT2D eigenvalue weighted by Crippen LogP contribution is -2.59. The molecule has 2 N–H and O–H groups in total. The number of aromatic hydroxyl groups is 2. The molecule has 0 saturated carbocycles. The Bertz CT molecular complexity index is 602. The Morgan fingerprint density at radius 2 is 1.19 bits per heavy atom. The van der Waals surface area contributed by atoms with Gasteiger partial charge in [-0.15, -0.1) is 0 Å². The molecule has 2 heterocycles. The standard InChI is InChI=1S/C21H40N2O2Si2/c1-5-26(6-2)16-17-27(7-3,8-4)23(26)15-11-14-22-20(24)18-12-9-10-13-19(18)21(22)25/h24-25H,5-17H2,1-4H3. The molecule has 3 rings (SSSR count). The largest absolute Gasteiger partial charge is 0.494 e. The summed E-state index contributed by atoms with van der Waals surface area (Å²) in [6.45, 7) is 11.6. The Labute approximate surface area is 167 Å². The van der Waals surface area contributed by atoms with Crippen LogP contribution in [0.2, 0.25) is 36.3 Å². The molecule has 6 heteroatoms. The van der Waals surface area contributed by atoms with E-state index in [1.807, 2.05) is 0 Å². The molecule has 0 bridgehead atoms. The first-order valence-corrected chi connectivity index (χ1v) is 16.5. The lowest BCUT2D eigenvalue weighted by Gasteiger charge is -2.45. The molecular formula is C21H40N2O2Si2. The predicted molar refractivity (Wildman–Crippen MR) is 119 cm³/mol. The van der Waals surface area contributed by atoms with Crippen LogP contribution in [0.3, 0.4) is 0 Å². The Hall–Kier alpha value is -0.726. The summed E-state index contributed by atoms with van der Waals surface area (Å²) >= 11 is 0. The first-order chi connectivity index (χ1) is 13.0. The lowest BCUT2D eigenvalue weighted by atomic mass is 9.95. The zero-order valence-electron chi connectivity index (χ0n) is 18.0. The van der Waals surface area contributed by atoms with Gasteiger partial charge in [0, 0.05) is 17.7 Å². The molecule has 1 aromatic heterocycles. The first kappa shape index (κ1) is 21.0. The van der Waals surface area contributed by atoms with Gasteiger partial charge in [0.15, 0.2) is 11.8 Å². The van der Waals surface area contributed by atoms with E-state index in [9.17, 15) is 10.2 Å². The van der Waals surface area contributed by atoms with Crippen LogP contribution < -0.4 is 0 Å². The number of hydrogen-bond donors (Lipinski definition) is 2. The topological polar surface area (TPSA) is 48.6 Å². The molecule has 1 aromatic rings. The van der Waals surface area contributed by atoms with Crippen molar-refractivity contribution in [2.75, 3.05) is 6.54 Å². The van der Waals surface area contributed by atoms with Crippen molar-refractivity contribution in [3.63, 3.8) is 0 Å². The third-order valence-corrected chi connectivity index (χ3v) is 21.8. The van der Waals surface area contributed by atoms with Crippen molar-refractivity contribution in [3.8, 4) is 11.8 Å². The summed E-state index contributed by atoms with van der Waals surface area (Å²) in [7, 11) is -2.60. The van der Waals surface area contributed by atoms with Crippen molar-refractivity contribution in [3.05, 3.63) is 11.1 Å². The third kappa shape index (κ3) is 3.42. The average Bonchev–Trinajstić information content (AvgIpc) is 3.16. The summed E-state index contributed by atoms with van der Waals surface area (Å²) in [4.78, 5) is 0. The van der Waals surface area contributed by atoms with E-state index in [4.69, 9.17) is 0 Å². The van der Waals surface area contributed by atoms with Crippen LogP contribution in [0.25, 0.3) is 0 Å². The molecule has 0 spiro atoms. The summed E-state index contributed by atoms with van der Waals surface area (Å²) in [6.07, 6.45) is 5.12. The van der Waals surface area contributed by atoms with Gasteiger partial charge in [-0.3, -0.25) is 4.57 Å². The molecular weight excluding hydrogens is 368 g/mol. The van der Waals surface area contributed by atoms with Crippen molar-refractivity contribution in [2.24, 2.45) is 0 Å². The SMILES string of the molecule is CC[Si]1(CC)CC[Si](CC)(CC)N1CCCn1c(O)c2c(c1O)CCCC2. The van der Waals surface area contributed by atoms with Crippen LogP contribution in [0.1, 0.15) is 58.1 Å². The lowest BCUT2D eigenvalue weighted by molar-refractivity contribution is 0.357. The van der Waals surface area contributed by atoms with Gasteiger partial charge in [-0.1, -0.05) is 27.7 Å². The Morgan fingerprint density at radius 3 is 1.59 bits per heavy atom. The van der Waals surface area contributed by atoms with Crippen molar-refractivity contribution >= 4 is 16.5 Å². The molecule has 1 aliphatic carbocycles. The van der Waals surface area contributed by atoms with Gasteiger partial charge in [-0.05, 0) is 74.9 Å². The summed E-state index contributed by atoms with van der Waals surface area (Å²) in [5.41, 5.74) is 2.02. The minimum absolute atomic E-state index is 0.340. The summed E-state index contributed by atoms with van der Waals surface area (Å²) in [5, 5.41) is 21.3. The summed E-state index contributed by atoms with van der Waals surface area (Å²) < 4.78 is 4.89. The van der Waals surface area contributed by atoms with Gasteiger partial charge in [0.2, 0.25) is 0 Å². The number of nitrogens with zero attached hydrogens (tertiary/aromatic N) is 2. The molecule has 0 amide bonds. The van der Waals surface area contributed by atoms with E-state index in [0.29, 0.717) is 11.8 Å². The maximum atomic E-state index is 10.6. The molecule has 154 valence electrons. The maximum absolute atomic E-state index is 10.6. The van der Waals surface area contributed by atoms with Crippen LogP contribution in [0.5, 0.6) is 11.8 Å². The second-order valence-electron chi connectivity index (χ2n) is 8.83. The second kappa shape index (κ2) is 8.33. The molecule has 0 atom stereocenters. The third-order valence-electron chi connectivity index (χ3n) is 8.12. The normalized spacial score (nSPS) is 21.5. The first-order valence-electron chi connectivity index (χ1n) is 11.4. The molecule has 1 aliphatic heterocycles. The van der Waals surface area contributed by atoms with Gasteiger partial charge in [0.05, 0.1) is 0 Å². The predicted octanol–water partition coefficient (Wildman–Crippen LogP) is 5.45. The fourth-order valence-electron chi connectivity index (χ4n) is 6.11. The van der Waals surface area contributed by atoms with E-state index in [2.05, 4.69) is 31.9 Å². The number of hydrogen-bond acceptors (Lipinski definition) is 3. The average molecular weight is 409 g/mol. The highest BCUT2D eigenvalue weighted by Crippen LogP contribution is 2.45. The van der Waals surface area contributed by atoms with Gasteiger partial charge in [0.1, 0.15) is 16.5 Å². The van der Waals surface area contributed by atoms with Crippen molar-refractivity contribution in [1.29, 1.82) is 0 Å². The van der Waals surface area contributed by atoms with E-state index in [1.165, 1.54) is 42.8 Å². The van der Waals surface area contributed by atoms with Crippen LogP contribution in [0.15, 0.2) is 0 Å². The van der Waals surface area contributed by atoms with E-state index < -0.39 is 16.5 Å². The van der Waals surface area contributed by atoms with E-state index in [-0.39, 0.29) is 0 Å². The van der Waals surface area contributed by atoms with Crippen LogP contribution in [-0.2, 0) is 19.4 Å². The second-order valence-corrected chi connectivity index (χ2v) is 19.1. The minimum atomic E-state index is -1.30. The quantitative estimate of drug-likeness (QED) is 0.562. The molecule has 1 fully saturated rings. The van der Waals surface area contributed by atoms with Crippen molar-refractivity contribution < 1.29 is 10.2 Å². The Balaban J connectivity index is 1.76. The van der Waals surface area contributed by atoms with Gasteiger partial charge in [0.25, 0.3) is 0 Å². The molecule has 0 radical (unpaired) electrons. The highest BCUT2D eigenvalue weighted by Gasteiger charge is 2.53. The van der Waals surface area contributed by atoms with Gasteiger partial charge >= 0.3 is 0 Å². The fraction of sp³-hybridized carbons (Fsp3) is 0.810. The monoisotopic (exact) mass is 408 g/mol. The smallest absolute Gasteiger partial charge is 0.197 e. The van der Waals surface area contributed by atoms with Crippen molar-refractivity contribution in [1.82, 2.24) is 8.80 Å². The zero-order valence-corrected chi connectivity index (χ0v) is 20.0. The number of fused-ring (bicyclic) bond motifs is 1. The van der Waals surface area contributed by atoms with Gasteiger partial charge < -0.3 is 14.4 Å². The summed E-state index contributed by atoms with van der Waals surface area (Å²) in [6, 6.07) is 8.53. The highest BCUT2D eigenvalue weighted by molar-refractivity contribution is 6.97. The van der Waals surface area contributed by atoms with Crippen molar-refractivity contribution in [2.45, 2.75) is 103 Å². The Kier molecular flexibility index (Phi) is 6.48. The molecule has 1 saturated heterocycles. The molecule has 4 nitrogen and oxygen atoms in total. The van der Waals surface area contributed by atoms with Crippen LogP contribution in [-0.4, -0.2) is 42.0 Å². The summed E-state index contributed by atoms with van der Waals surface area (Å²) in [5.74, 6) is 0.681. The van der Waals surface area contributed by atoms with Crippen LogP contribution in [0, 0.1) is 0 Å². The fourth-order valence-corrected chi connectivity index (χ4v) is 22.2. The maximum Gasteiger partial charge on any atom is 0.197 e. The minimum Gasteiger partial charge on any atom is -0.494 e. The zero-order chi connectivity index (χ0) is 19.7. The number of rotatable bonds is 8. The van der Waals surface area contributed by atoms with Gasteiger partial charge in [-0.25, -0.2) is 0 Å². The highest BCUT2D eigenvalue weighted by atomic mass is 28.4. The molecule has 27 heavy (non-hydrogen) atoms. The number of aromatic nitrogens is 1. The van der Waals surface area contributed by atoms with Crippen LogP contribution in [0.4, 0.5) is 0 Å². The van der Waals surface area contributed by atoms with E-state index >= 15 is 0 Å². The molecule has 0 aromatic carbocycles. The van der Waals surface area contributed by atoms with Crippen LogP contribution >= 0.6 is 0 Å². The van der Waals surface area contributed by atoms with Gasteiger partial charge in [-0.2, -0.15) is 0 Å². The van der Waals surface area contributed by atoms with E-state index in [1.54, 1.807) is 4.57 Å².